The summed E-state index contributed by atoms with van der Waals surface area (Å²) in [5.41, 5.74) is 1.56. The van der Waals surface area contributed by atoms with E-state index in [1.165, 1.54) is 17.4 Å². The summed E-state index contributed by atoms with van der Waals surface area (Å²) in [6.07, 6.45) is 0.155. The first kappa shape index (κ1) is 17.6. The van der Waals surface area contributed by atoms with Crippen molar-refractivity contribution in [2.24, 2.45) is 0 Å². The number of hydrogen-bond donors (Lipinski definition) is 2. The number of thiazole rings is 1. The average Bonchev–Trinajstić information content (AvgIpc) is 3.30. The van der Waals surface area contributed by atoms with Crippen molar-refractivity contribution in [3.63, 3.8) is 0 Å². The smallest absolute Gasteiger partial charge is 0.296 e. The predicted octanol–water partition coefficient (Wildman–Crippen LogP) is 2.25. The summed E-state index contributed by atoms with van der Waals surface area (Å²) in [7, 11) is 1.55. The van der Waals surface area contributed by atoms with Gasteiger partial charge in [-0.1, -0.05) is 30.3 Å². The Morgan fingerprint density at radius 2 is 2.08 bits per heavy atom. The first-order valence-corrected chi connectivity index (χ1v) is 8.62. The van der Waals surface area contributed by atoms with Gasteiger partial charge in [0.15, 0.2) is 5.13 Å². The summed E-state index contributed by atoms with van der Waals surface area (Å²) in [5.74, 6) is -0.411. The molecule has 26 heavy (non-hydrogen) atoms. The first-order valence-electron chi connectivity index (χ1n) is 7.74. The van der Waals surface area contributed by atoms with Crippen LogP contribution in [0.25, 0.3) is 0 Å². The minimum absolute atomic E-state index is 0.0103. The second-order valence-corrected chi connectivity index (χ2v) is 6.11. The minimum atomic E-state index is -0.493. The normalized spacial score (nSPS) is 10.3. The van der Waals surface area contributed by atoms with E-state index in [9.17, 15) is 9.59 Å². The van der Waals surface area contributed by atoms with Gasteiger partial charge in [0.2, 0.25) is 11.7 Å². The highest BCUT2D eigenvalue weighted by Crippen LogP contribution is 2.19. The Labute approximate surface area is 153 Å². The van der Waals surface area contributed by atoms with Crippen LogP contribution < -0.4 is 15.4 Å². The van der Waals surface area contributed by atoms with Crippen molar-refractivity contribution in [2.45, 2.75) is 13.0 Å². The van der Waals surface area contributed by atoms with Gasteiger partial charge in [-0.15, -0.1) is 11.3 Å². The second-order valence-electron chi connectivity index (χ2n) is 5.25. The van der Waals surface area contributed by atoms with Crippen LogP contribution in [-0.2, 0) is 17.8 Å². The fraction of sp³-hybridized carbons (Fsp3) is 0.176. The fourth-order valence-corrected chi connectivity index (χ4v) is 2.73. The molecule has 0 saturated carbocycles. The number of nitrogens with one attached hydrogen (secondary N) is 2. The molecule has 3 rings (SSSR count). The maximum Gasteiger partial charge on any atom is 0.296 e. The van der Waals surface area contributed by atoms with E-state index in [0.717, 1.165) is 5.56 Å². The molecule has 0 radical (unpaired) electrons. The molecule has 0 aliphatic carbocycles. The highest BCUT2D eigenvalue weighted by molar-refractivity contribution is 7.14. The number of rotatable bonds is 7. The summed E-state index contributed by atoms with van der Waals surface area (Å²) in [4.78, 5) is 27.7. The maximum atomic E-state index is 12.2. The lowest BCUT2D eigenvalue weighted by atomic mass is 10.2. The maximum absolute atomic E-state index is 12.2. The zero-order valence-corrected chi connectivity index (χ0v) is 14.7. The molecule has 134 valence electrons. The molecule has 3 aromatic rings. The molecule has 0 saturated heterocycles. The largest absolute Gasteiger partial charge is 0.471 e. The third kappa shape index (κ3) is 4.67. The summed E-state index contributed by atoms with van der Waals surface area (Å²) in [6.45, 7) is 0.323. The molecule has 2 N–H and O–H groups in total. The number of benzene rings is 1. The number of ether oxygens (including phenoxy) is 1. The highest BCUT2D eigenvalue weighted by Gasteiger charge is 2.16. The molecule has 0 aliphatic heterocycles. The van der Waals surface area contributed by atoms with Crippen LogP contribution in [0, 0.1) is 0 Å². The number of carbonyl (C=O) groups excluding carboxylic acids is 2. The van der Waals surface area contributed by atoms with Gasteiger partial charge in [0.25, 0.3) is 11.8 Å². The minimum Gasteiger partial charge on any atom is -0.471 e. The monoisotopic (exact) mass is 372 g/mol. The Kier molecular flexibility index (Phi) is 5.59. The van der Waals surface area contributed by atoms with E-state index in [2.05, 4.69) is 20.8 Å². The third-order valence-corrected chi connectivity index (χ3v) is 4.14. The average molecular weight is 372 g/mol. The molecule has 0 atom stereocenters. The van der Waals surface area contributed by atoms with E-state index in [1.54, 1.807) is 12.4 Å². The lowest BCUT2D eigenvalue weighted by Gasteiger charge is -2.00. The van der Waals surface area contributed by atoms with Gasteiger partial charge in [-0.2, -0.15) is 0 Å². The molecular weight excluding hydrogens is 356 g/mol. The Morgan fingerprint density at radius 1 is 1.27 bits per heavy atom. The van der Waals surface area contributed by atoms with Crippen molar-refractivity contribution in [3.05, 3.63) is 58.8 Å². The van der Waals surface area contributed by atoms with E-state index in [4.69, 9.17) is 9.26 Å². The molecule has 0 bridgehead atoms. The van der Waals surface area contributed by atoms with E-state index in [0.29, 0.717) is 17.4 Å². The molecule has 9 heteroatoms. The van der Waals surface area contributed by atoms with Crippen LogP contribution in [0.4, 0.5) is 5.13 Å². The number of carbonyl (C=O) groups is 2. The van der Waals surface area contributed by atoms with Gasteiger partial charge in [-0.05, 0) is 10.7 Å². The molecular formula is C17H16N4O4S. The van der Waals surface area contributed by atoms with Crippen molar-refractivity contribution >= 4 is 28.3 Å². The Bertz CT molecular complexity index is 891. The predicted molar refractivity (Wildman–Crippen MR) is 95.1 cm³/mol. The van der Waals surface area contributed by atoms with Crippen LogP contribution in [0.1, 0.15) is 21.8 Å². The molecule has 0 unspecified atom stereocenters. The van der Waals surface area contributed by atoms with Crippen LogP contribution >= 0.6 is 11.3 Å². The number of aromatic nitrogens is 2. The van der Waals surface area contributed by atoms with Crippen molar-refractivity contribution in [1.29, 1.82) is 0 Å². The van der Waals surface area contributed by atoms with Gasteiger partial charge >= 0.3 is 0 Å². The van der Waals surface area contributed by atoms with Gasteiger partial charge in [-0.3, -0.25) is 14.9 Å². The van der Waals surface area contributed by atoms with Crippen molar-refractivity contribution < 1.29 is 18.8 Å². The fourth-order valence-electron chi connectivity index (χ4n) is 2.02. The SMILES string of the molecule is CNC(=O)Cc1csc(NC(=O)c2cc(OCc3ccccc3)no2)n1. The van der Waals surface area contributed by atoms with E-state index in [-0.39, 0.29) is 24.0 Å². The molecule has 0 spiro atoms. The van der Waals surface area contributed by atoms with E-state index >= 15 is 0 Å². The Hall–Kier alpha value is -3.20. The second kappa shape index (κ2) is 8.26. The van der Waals surface area contributed by atoms with Gasteiger partial charge in [0, 0.05) is 12.4 Å². The topological polar surface area (TPSA) is 106 Å². The van der Waals surface area contributed by atoms with Crippen LogP contribution in [0.2, 0.25) is 0 Å². The summed E-state index contributed by atoms with van der Waals surface area (Å²) >= 11 is 1.22. The van der Waals surface area contributed by atoms with Crippen LogP contribution in [0.5, 0.6) is 5.88 Å². The quantitative estimate of drug-likeness (QED) is 0.659. The number of anilines is 1. The van der Waals surface area contributed by atoms with Crippen molar-refractivity contribution in [2.75, 3.05) is 12.4 Å². The molecule has 2 heterocycles. The van der Waals surface area contributed by atoms with Crippen LogP contribution in [0.3, 0.4) is 0 Å². The van der Waals surface area contributed by atoms with Gasteiger partial charge in [0.05, 0.1) is 18.2 Å². The summed E-state index contributed by atoms with van der Waals surface area (Å²) in [6, 6.07) is 11.0. The number of hydrogen-bond acceptors (Lipinski definition) is 7. The first-order chi connectivity index (χ1) is 12.6. The number of likely N-dealkylation sites (N-methyl/N-ethyl adjacent to an activating group) is 1. The zero-order valence-electron chi connectivity index (χ0n) is 13.9. The molecule has 0 fully saturated rings. The van der Waals surface area contributed by atoms with E-state index < -0.39 is 5.91 Å². The Balaban J connectivity index is 1.55. The lowest BCUT2D eigenvalue weighted by Crippen LogP contribution is -2.20. The summed E-state index contributed by atoms with van der Waals surface area (Å²) < 4.78 is 10.5. The Morgan fingerprint density at radius 3 is 2.85 bits per heavy atom. The molecule has 2 amide bonds. The molecule has 2 aromatic heterocycles. The van der Waals surface area contributed by atoms with Crippen LogP contribution in [0.15, 0.2) is 46.3 Å². The standard InChI is InChI=1S/C17H16N4O4S/c1-18-14(22)7-12-10-26-17(19-12)20-16(23)13-8-15(21-25-13)24-9-11-5-3-2-4-6-11/h2-6,8,10H,7,9H2,1H3,(H,18,22)(H,19,20,23). The van der Waals surface area contributed by atoms with Crippen molar-refractivity contribution in [1.82, 2.24) is 15.5 Å². The van der Waals surface area contributed by atoms with Gasteiger partial charge in [0.1, 0.15) is 6.61 Å². The summed E-state index contributed by atoms with van der Waals surface area (Å²) in [5, 5.41) is 10.9. The molecule has 0 aliphatic rings. The third-order valence-electron chi connectivity index (χ3n) is 3.33. The number of amides is 2. The van der Waals surface area contributed by atoms with Crippen LogP contribution in [-0.4, -0.2) is 29.0 Å². The van der Waals surface area contributed by atoms with Crippen molar-refractivity contribution in [3.8, 4) is 5.88 Å². The molecule has 1 aromatic carbocycles. The zero-order chi connectivity index (χ0) is 18.4. The number of nitrogens with zero attached hydrogens (tertiary/aromatic N) is 2. The molecule has 8 nitrogen and oxygen atoms in total. The lowest BCUT2D eigenvalue weighted by molar-refractivity contribution is -0.120. The van der Waals surface area contributed by atoms with Gasteiger partial charge < -0.3 is 14.6 Å². The van der Waals surface area contributed by atoms with E-state index in [1.807, 2.05) is 30.3 Å². The van der Waals surface area contributed by atoms with Gasteiger partial charge in [-0.25, -0.2) is 4.98 Å². The highest BCUT2D eigenvalue weighted by atomic mass is 32.1.